The van der Waals surface area contributed by atoms with Gasteiger partial charge < -0.3 is 20.3 Å². The lowest BCUT2D eigenvalue weighted by atomic mass is 9.97. The molecule has 3 rings (SSSR count). The molecule has 1 amide bonds. The molecule has 0 radical (unpaired) electrons. The topological polar surface area (TPSA) is 119 Å². The summed E-state index contributed by atoms with van der Waals surface area (Å²) >= 11 is 0. The summed E-state index contributed by atoms with van der Waals surface area (Å²) in [6, 6.07) is 7.41. The number of nitrogens with two attached hydrogens (primary N) is 1. The molecule has 0 bridgehead atoms. The first-order chi connectivity index (χ1) is 16.5. The summed E-state index contributed by atoms with van der Waals surface area (Å²) in [5.74, 6) is -2.45. The molecule has 2 unspecified atom stereocenters. The maximum atomic E-state index is 14.5. The van der Waals surface area contributed by atoms with Gasteiger partial charge in [-0.3, -0.25) is 9.10 Å². The number of nitrogens with zero attached hydrogens (tertiary/aromatic N) is 1. The highest BCUT2D eigenvalue weighted by molar-refractivity contribution is 7.93. The molecule has 1 aliphatic rings. The van der Waals surface area contributed by atoms with E-state index in [1.54, 1.807) is 13.0 Å². The van der Waals surface area contributed by atoms with Crippen LogP contribution in [0.1, 0.15) is 29.2 Å². The number of hydrogen-bond donors (Lipinski definition) is 2. The van der Waals surface area contributed by atoms with Gasteiger partial charge in [0.2, 0.25) is 15.9 Å². The molecule has 2 atom stereocenters. The Labute approximate surface area is 202 Å². The summed E-state index contributed by atoms with van der Waals surface area (Å²) < 4.78 is 67.5. The Morgan fingerprint density at radius 1 is 1.17 bits per heavy atom. The van der Waals surface area contributed by atoms with Crippen molar-refractivity contribution < 1.29 is 36.6 Å². The molecule has 0 heterocycles. The Morgan fingerprint density at radius 3 is 2.37 bits per heavy atom. The normalized spacial score (nSPS) is 16.7. The van der Waals surface area contributed by atoms with E-state index in [0.717, 1.165) is 22.5 Å². The van der Waals surface area contributed by atoms with E-state index in [4.69, 9.17) is 15.2 Å². The van der Waals surface area contributed by atoms with Gasteiger partial charge in [0, 0.05) is 5.56 Å². The molecule has 0 aromatic heterocycles. The zero-order valence-corrected chi connectivity index (χ0v) is 20.2. The van der Waals surface area contributed by atoms with Crippen LogP contribution in [0.4, 0.5) is 14.5 Å². The molecular formula is C24H26F2N2O6S. The standard InChI is InChI=1S/C24H26F2N2O6S/c1-14-7-9-19(16(11-14)24(30)23-17(25)5-4-6-18(23)26)28(13-22(27)29)35(31,32)15-8-10-20(33-2)21(12-15)34-3/h4-7,9-12,15,24,30H,8,13H2,1-3H3,(H2,27,29). The summed E-state index contributed by atoms with van der Waals surface area (Å²) in [4.78, 5) is 11.9. The third kappa shape index (κ3) is 5.30. The maximum absolute atomic E-state index is 14.5. The van der Waals surface area contributed by atoms with E-state index in [-0.39, 0.29) is 23.4 Å². The first-order valence-corrected chi connectivity index (χ1v) is 12.0. The molecule has 0 spiro atoms. The number of carbonyl (C=O) groups is 1. The van der Waals surface area contributed by atoms with Gasteiger partial charge in [-0.1, -0.05) is 23.8 Å². The van der Waals surface area contributed by atoms with Crippen molar-refractivity contribution in [3.05, 3.63) is 88.4 Å². The monoisotopic (exact) mass is 508 g/mol. The van der Waals surface area contributed by atoms with Crippen molar-refractivity contribution in [1.29, 1.82) is 0 Å². The number of hydrogen-bond acceptors (Lipinski definition) is 6. The van der Waals surface area contributed by atoms with Gasteiger partial charge >= 0.3 is 0 Å². The second-order valence-corrected chi connectivity index (χ2v) is 9.98. The number of rotatable bonds is 9. The van der Waals surface area contributed by atoms with Crippen LogP contribution in [0.25, 0.3) is 0 Å². The lowest BCUT2D eigenvalue weighted by Crippen LogP contribution is -2.44. The van der Waals surface area contributed by atoms with Gasteiger partial charge in [-0.15, -0.1) is 0 Å². The van der Waals surface area contributed by atoms with Crippen molar-refractivity contribution in [3.8, 4) is 0 Å². The van der Waals surface area contributed by atoms with Gasteiger partial charge in [-0.2, -0.15) is 0 Å². The molecule has 188 valence electrons. The Balaban J connectivity index is 2.17. The van der Waals surface area contributed by atoms with Gasteiger partial charge in [0.05, 0.1) is 25.5 Å². The van der Waals surface area contributed by atoms with Crippen LogP contribution in [-0.2, 0) is 24.3 Å². The molecule has 8 nitrogen and oxygen atoms in total. The summed E-state index contributed by atoms with van der Waals surface area (Å²) in [5, 5.41) is 9.82. The average molecular weight is 509 g/mol. The Kier molecular flexibility index (Phi) is 7.81. The second-order valence-electron chi connectivity index (χ2n) is 7.90. The molecule has 2 aromatic rings. The van der Waals surface area contributed by atoms with Gasteiger partial charge in [-0.05, 0) is 43.7 Å². The van der Waals surface area contributed by atoms with E-state index in [1.165, 1.54) is 38.5 Å². The second kappa shape index (κ2) is 10.4. The van der Waals surface area contributed by atoms with Crippen LogP contribution in [-0.4, -0.2) is 45.4 Å². The molecule has 0 aliphatic heterocycles. The van der Waals surface area contributed by atoms with E-state index in [2.05, 4.69) is 0 Å². The third-order valence-electron chi connectivity index (χ3n) is 5.56. The molecule has 1 aliphatic carbocycles. The van der Waals surface area contributed by atoms with E-state index >= 15 is 0 Å². The average Bonchev–Trinajstić information content (AvgIpc) is 2.81. The quantitative estimate of drug-likeness (QED) is 0.538. The highest BCUT2D eigenvalue weighted by Gasteiger charge is 2.36. The zero-order valence-electron chi connectivity index (χ0n) is 19.4. The number of aliphatic hydroxyl groups is 1. The van der Waals surface area contributed by atoms with Gasteiger partial charge in [0.15, 0.2) is 11.5 Å². The first-order valence-electron chi connectivity index (χ1n) is 10.5. The van der Waals surface area contributed by atoms with E-state index in [9.17, 15) is 27.1 Å². The number of aliphatic hydroxyl groups excluding tert-OH is 1. The van der Waals surface area contributed by atoms with E-state index < -0.39 is 51.0 Å². The molecule has 11 heteroatoms. The zero-order chi connectivity index (χ0) is 25.9. The predicted molar refractivity (Wildman–Crippen MR) is 126 cm³/mol. The number of ether oxygens (including phenoxy) is 2. The smallest absolute Gasteiger partial charge is 0.242 e. The lowest BCUT2D eigenvalue weighted by Gasteiger charge is -2.31. The first kappa shape index (κ1) is 26.2. The van der Waals surface area contributed by atoms with Crippen LogP contribution in [0.3, 0.4) is 0 Å². The number of sulfonamides is 1. The van der Waals surface area contributed by atoms with Crippen molar-refractivity contribution in [2.24, 2.45) is 5.73 Å². The SMILES string of the molecule is COC1=CCC(S(=O)(=O)N(CC(N)=O)c2ccc(C)cc2C(O)c2c(F)cccc2F)C=C1OC. The van der Waals surface area contributed by atoms with Crippen LogP contribution in [0.5, 0.6) is 0 Å². The summed E-state index contributed by atoms with van der Waals surface area (Å²) in [7, 11) is -1.58. The fourth-order valence-corrected chi connectivity index (χ4v) is 5.58. The fourth-order valence-electron chi connectivity index (χ4n) is 3.87. The number of benzene rings is 2. The number of amides is 1. The number of carbonyl (C=O) groups excluding carboxylic acids is 1. The van der Waals surface area contributed by atoms with Crippen LogP contribution in [0.2, 0.25) is 0 Å². The van der Waals surface area contributed by atoms with Crippen molar-refractivity contribution in [2.45, 2.75) is 24.7 Å². The van der Waals surface area contributed by atoms with Crippen molar-refractivity contribution in [1.82, 2.24) is 0 Å². The number of aryl methyl sites for hydroxylation is 1. The molecule has 2 aromatic carbocycles. The molecule has 35 heavy (non-hydrogen) atoms. The summed E-state index contributed by atoms with van der Waals surface area (Å²) in [6.45, 7) is 0.898. The van der Waals surface area contributed by atoms with Crippen LogP contribution in [0.15, 0.2) is 60.1 Å². The highest BCUT2D eigenvalue weighted by atomic mass is 32.2. The van der Waals surface area contributed by atoms with Crippen LogP contribution >= 0.6 is 0 Å². The molecule has 0 fully saturated rings. The minimum absolute atomic E-state index is 0.000676. The minimum atomic E-state index is -4.34. The van der Waals surface area contributed by atoms with E-state index in [0.29, 0.717) is 11.3 Å². The molecule has 3 N–H and O–H groups in total. The van der Waals surface area contributed by atoms with Gasteiger partial charge in [-0.25, -0.2) is 17.2 Å². The van der Waals surface area contributed by atoms with Crippen molar-refractivity contribution >= 4 is 21.6 Å². The van der Waals surface area contributed by atoms with E-state index in [1.807, 2.05) is 0 Å². The van der Waals surface area contributed by atoms with Gasteiger partial charge in [0.1, 0.15) is 29.5 Å². The molecule has 0 saturated carbocycles. The number of primary amides is 1. The Hall–Kier alpha value is -3.44. The third-order valence-corrected chi connectivity index (χ3v) is 7.60. The summed E-state index contributed by atoms with van der Waals surface area (Å²) in [6.07, 6.45) is 0.999. The number of halogens is 2. The van der Waals surface area contributed by atoms with Gasteiger partial charge in [0.25, 0.3) is 0 Å². The molecule has 0 saturated heterocycles. The van der Waals surface area contributed by atoms with Crippen LogP contribution < -0.4 is 10.0 Å². The van der Waals surface area contributed by atoms with Crippen molar-refractivity contribution in [3.63, 3.8) is 0 Å². The maximum Gasteiger partial charge on any atom is 0.242 e. The van der Waals surface area contributed by atoms with Crippen molar-refractivity contribution in [2.75, 3.05) is 25.1 Å². The Bertz CT molecular complexity index is 1270. The number of allylic oxidation sites excluding steroid dienone is 1. The lowest BCUT2D eigenvalue weighted by molar-refractivity contribution is -0.116. The number of anilines is 1. The predicted octanol–water partition coefficient (Wildman–Crippen LogP) is 2.81. The summed E-state index contributed by atoms with van der Waals surface area (Å²) in [5.41, 5.74) is 5.05. The minimum Gasteiger partial charge on any atom is -0.493 e. The molecular weight excluding hydrogens is 482 g/mol. The van der Waals surface area contributed by atoms with Crippen LogP contribution in [0, 0.1) is 18.6 Å². The Morgan fingerprint density at radius 2 is 1.80 bits per heavy atom. The number of methoxy groups -OCH3 is 2. The highest BCUT2D eigenvalue weighted by Crippen LogP contribution is 2.37. The fraction of sp³-hybridized carbons (Fsp3) is 0.292. The largest absolute Gasteiger partial charge is 0.493 e.